The highest BCUT2D eigenvalue weighted by atomic mass is 16.3. The van der Waals surface area contributed by atoms with E-state index in [-0.39, 0.29) is 17.6 Å². The van der Waals surface area contributed by atoms with E-state index in [9.17, 15) is 9.90 Å². The Balaban J connectivity index is 1.83. The first kappa shape index (κ1) is 18.0. The second-order valence-electron chi connectivity index (χ2n) is 6.89. The van der Waals surface area contributed by atoms with Crippen LogP contribution in [0.1, 0.15) is 32.8 Å². The van der Waals surface area contributed by atoms with E-state index in [2.05, 4.69) is 15.6 Å². The molecule has 6 heteroatoms. The molecule has 0 saturated heterocycles. The number of aliphatic hydroxyl groups is 1. The molecule has 0 aliphatic carbocycles. The Labute approximate surface area is 142 Å². The number of urea groups is 1. The molecule has 1 aromatic heterocycles. The summed E-state index contributed by atoms with van der Waals surface area (Å²) in [5.41, 5.74) is 1.87. The number of rotatable bonds is 7. The molecule has 2 amide bonds. The predicted molar refractivity (Wildman–Crippen MR) is 93.9 cm³/mol. The van der Waals surface area contributed by atoms with Crippen LogP contribution in [-0.4, -0.2) is 33.3 Å². The summed E-state index contributed by atoms with van der Waals surface area (Å²) in [6.45, 7) is 6.77. The van der Waals surface area contributed by atoms with E-state index in [1.807, 2.05) is 48.9 Å². The fourth-order valence-electron chi connectivity index (χ4n) is 2.68. The molecule has 0 spiro atoms. The van der Waals surface area contributed by atoms with Gasteiger partial charge in [-0.05, 0) is 36.5 Å². The maximum atomic E-state index is 12.0. The van der Waals surface area contributed by atoms with Gasteiger partial charge in [0.15, 0.2) is 0 Å². The van der Waals surface area contributed by atoms with E-state index < -0.39 is 0 Å². The molecule has 3 N–H and O–H groups in total. The van der Waals surface area contributed by atoms with E-state index in [1.165, 1.54) is 0 Å². The largest absolute Gasteiger partial charge is 0.393 e. The summed E-state index contributed by atoms with van der Waals surface area (Å²) < 4.78 is 1.92. The van der Waals surface area contributed by atoms with E-state index in [0.29, 0.717) is 19.5 Å². The van der Waals surface area contributed by atoms with Gasteiger partial charge in [0.25, 0.3) is 0 Å². The molecule has 0 radical (unpaired) electrons. The maximum absolute atomic E-state index is 12.0. The van der Waals surface area contributed by atoms with Gasteiger partial charge in [-0.2, -0.15) is 0 Å². The van der Waals surface area contributed by atoms with Gasteiger partial charge in [0.05, 0.1) is 12.4 Å². The van der Waals surface area contributed by atoms with Gasteiger partial charge in [0.1, 0.15) is 0 Å². The van der Waals surface area contributed by atoms with Crippen LogP contribution in [0.2, 0.25) is 0 Å². The number of aliphatic hydroxyl groups excluding tert-OH is 1. The first-order valence-corrected chi connectivity index (χ1v) is 8.13. The first-order valence-electron chi connectivity index (χ1n) is 8.13. The lowest BCUT2D eigenvalue weighted by molar-refractivity contribution is 0.129. The number of hydrogen-bond donors (Lipinski definition) is 3. The summed E-state index contributed by atoms with van der Waals surface area (Å²) in [5.74, 6) is 0. The lowest BCUT2D eigenvalue weighted by Gasteiger charge is -2.26. The summed E-state index contributed by atoms with van der Waals surface area (Å²) in [6, 6.07) is 7.72. The van der Waals surface area contributed by atoms with Gasteiger partial charge in [0, 0.05) is 31.2 Å². The van der Waals surface area contributed by atoms with Crippen molar-refractivity contribution >= 4 is 6.03 Å². The zero-order valence-corrected chi connectivity index (χ0v) is 14.5. The quantitative estimate of drug-likeness (QED) is 0.730. The number of nitrogens with one attached hydrogen (secondary N) is 2. The van der Waals surface area contributed by atoms with E-state index in [4.69, 9.17) is 0 Å². The molecule has 0 fully saturated rings. The minimum absolute atomic E-state index is 0.146. The number of aromatic nitrogens is 2. The van der Waals surface area contributed by atoms with Crippen molar-refractivity contribution in [2.75, 3.05) is 6.54 Å². The lowest BCUT2D eigenvalue weighted by Crippen LogP contribution is -2.41. The van der Waals surface area contributed by atoms with Crippen LogP contribution in [0.5, 0.6) is 0 Å². The smallest absolute Gasteiger partial charge is 0.315 e. The molecule has 24 heavy (non-hydrogen) atoms. The molecule has 1 heterocycles. The number of imidazole rings is 1. The average molecular weight is 330 g/mol. The number of benzene rings is 1. The first-order chi connectivity index (χ1) is 11.4. The summed E-state index contributed by atoms with van der Waals surface area (Å²) in [7, 11) is 0. The third-order valence-electron chi connectivity index (χ3n) is 3.74. The molecule has 0 bridgehead atoms. The molecule has 0 unspecified atom stereocenters. The average Bonchev–Trinajstić information content (AvgIpc) is 3.04. The Bertz CT molecular complexity index is 651. The Morgan fingerprint density at radius 3 is 2.83 bits per heavy atom. The van der Waals surface area contributed by atoms with Crippen LogP contribution in [-0.2, 0) is 6.54 Å². The summed E-state index contributed by atoms with van der Waals surface area (Å²) in [5, 5.41) is 15.2. The van der Waals surface area contributed by atoms with Crippen molar-refractivity contribution in [1.29, 1.82) is 0 Å². The molecular weight excluding hydrogens is 304 g/mol. The molecule has 2 aromatic rings. The molecule has 0 aliphatic heterocycles. The van der Waals surface area contributed by atoms with Gasteiger partial charge in [-0.3, -0.25) is 0 Å². The number of amides is 2. The molecule has 1 aromatic carbocycles. The minimum atomic E-state index is -0.379. The van der Waals surface area contributed by atoms with Gasteiger partial charge in [-0.1, -0.05) is 26.0 Å². The lowest BCUT2D eigenvalue weighted by atomic mass is 9.87. The topological polar surface area (TPSA) is 79.2 Å². The van der Waals surface area contributed by atoms with Crippen LogP contribution in [0, 0.1) is 5.41 Å². The maximum Gasteiger partial charge on any atom is 0.315 e. The Morgan fingerprint density at radius 2 is 2.17 bits per heavy atom. The zero-order valence-electron chi connectivity index (χ0n) is 14.5. The van der Waals surface area contributed by atoms with Crippen LogP contribution in [0.25, 0.3) is 5.69 Å². The minimum Gasteiger partial charge on any atom is -0.393 e. The molecule has 6 nitrogen and oxygen atoms in total. The van der Waals surface area contributed by atoms with Crippen LogP contribution in [0.15, 0.2) is 43.0 Å². The van der Waals surface area contributed by atoms with Crippen molar-refractivity contribution < 1.29 is 9.90 Å². The summed E-state index contributed by atoms with van der Waals surface area (Å²) in [4.78, 5) is 16.0. The van der Waals surface area contributed by atoms with Crippen molar-refractivity contribution in [2.45, 2.75) is 39.8 Å². The van der Waals surface area contributed by atoms with Gasteiger partial charge in [-0.15, -0.1) is 0 Å². The number of carbonyl (C=O) groups excluding carboxylic acids is 1. The van der Waals surface area contributed by atoms with Crippen molar-refractivity contribution in [3.05, 3.63) is 48.5 Å². The fourth-order valence-corrected chi connectivity index (χ4v) is 2.68. The van der Waals surface area contributed by atoms with Gasteiger partial charge >= 0.3 is 6.03 Å². The van der Waals surface area contributed by atoms with Gasteiger partial charge < -0.3 is 20.3 Å². The molecule has 2 rings (SSSR count). The highest BCUT2D eigenvalue weighted by Crippen LogP contribution is 2.20. The zero-order chi connectivity index (χ0) is 17.6. The summed E-state index contributed by atoms with van der Waals surface area (Å²) >= 11 is 0. The molecule has 0 aliphatic rings. The van der Waals surface area contributed by atoms with Crippen molar-refractivity contribution in [2.24, 2.45) is 5.41 Å². The third kappa shape index (κ3) is 5.70. The normalized spacial score (nSPS) is 12.7. The Morgan fingerprint density at radius 1 is 1.38 bits per heavy atom. The molecule has 1 atom stereocenters. The SMILES string of the molecule is C[C@@H](O)CC(C)(C)CNC(=O)NCc1cccc(-n2ccnc2)c1. The monoisotopic (exact) mass is 330 g/mol. The third-order valence-corrected chi connectivity index (χ3v) is 3.74. The Kier molecular flexibility index (Phi) is 5.98. The molecule has 130 valence electrons. The number of hydrogen-bond acceptors (Lipinski definition) is 3. The van der Waals surface area contributed by atoms with Gasteiger partial charge in [0.2, 0.25) is 0 Å². The number of nitrogens with zero attached hydrogens (tertiary/aromatic N) is 2. The van der Waals surface area contributed by atoms with Crippen molar-refractivity contribution in [1.82, 2.24) is 20.2 Å². The van der Waals surface area contributed by atoms with Crippen LogP contribution < -0.4 is 10.6 Å². The van der Waals surface area contributed by atoms with E-state index in [1.54, 1.807) is 19.4 Å². The summed E-state index contributed by atoms with van der Waals surface area (Å²) in [6.07, 6.45) is 5.61. The predicted octanol–water partition coefficient (Wildman–Crippen LogP) is 2.47. The highest BCUT2D eigenvalue weighted by molar-refractivity contribution is 5.73. The molecule has 0 saturated carbocycles. The van der Waals surface area contributed by atoms with E-state index >= 15 is 0 Å². The van der Waals surface area contributed by atoms with Crippen LogP contribution in [0.4, 0.5) is 4.79 Å². The second-order valence-corrected chi connectivity index (χ2v) is 6.89. The van der Waals surface area contributed by atoms with Crippen molar-refractivity contribution in [3.8, 4) is 5.69 Å². The highest BCUT2D eigenvalue weighted by Gasteiger charge is 2.20. The van der Waals surface area contributed by atoms with E-state index in [0.717, 1.165) is 11.3 Å². The van der Waals surface area contributed by atoms with Crippen LogP contribution in [0.3, 0.4) is 0 Å². The fraction of sp³-hybridized carbons (Fsp3) is 0.444. The molecular formula is C18H26N4O2. The standard InChI is InChI=1S/C18H26N4O2/c1-14(23)10-18(2,3)12-21-17(24)20-11-15-5-4-6-16(9-15)22-8-7-19-13-22/h4-9,13-14,23H,10-12H2,1-3H3,(H2,20,21,24)/t14-/m1/s1. The number of carbonyl (C=O) groups is 1. The van der Waals surface area contributed by atoms with Crippen LogP contribution >= 0.6 is 0 Å². The van der Waals surface area contributed by atoms with Gasteiger partial charge in [-0.25, -0.2) is 9.78 Å². The second kappa shape index (κ2) is 7.97. The Hall–Kier alpha value is -2.34. The van der Waals surface area contributed by atoms with Crippen molar-refractivity contribution in [3.63, 3.8) is 0 Å².